The molecule has 2 aromatic heterocycles. The molecule has 0 spiro atoms. The standard InChI is InChI=1S/C14H14N4/c15-7-10-2-1-3-11(6-10)14-17-9-13(18-14)12-4-5-16-8-12/h1-6,8-9,16H,7,15H2,(H,17,18). The van der Waals surface area contributed by atoms with Crippen molar-refractivity contribution in [3.05, 3.63) is 54.5 Å². The number of H-pyrrole nitrogens is 2. The fourth-order valence-corrected chi connectivity index (χ4v) is 1.95. The third-order valence-electron chi connectivity index (χ3n) is 2.92. The van der Waals surface area contributed by atoms with Crippen LogP contribution in [-0.2, 0) is 6.54 Å². The van der Waals surface area contributed by atoms with Crippen LogP contribution in [-0.4, -0.2) is 15.0 Å². The van der Waals surface area contributed by atoms with Crippen LogP contribution in [0.15, 0.2) is 48.9 Å². The lowest BCUT2D eigenvalue weighted by atomic mass is 10.1. The first-order chi connectivity index (χ1) is 8.86. The highest BCUT2D eigenvalue weighted by atomic mass is 14.9. The fraction of sp³-hybridized carbons (Fsp3) is 0.0714. The third-order valence-corrected chi connectivity index (χ3v) is 2.92. The number of nitrogens with two attached hydrogens (primary N) is 1. The summed E-state index contributed by atoms with van der Waals surface area (Å²) in [5.41, 5.74) is 9.91. The fourth-order valence-electron chi connectivity index (χ4n) is 1.95. The second-order valence-corrected chi connectivity index (χ2v) is 4.15. The number of rotatable bonds is 3. The van der Waals surface area contributed by atoms with Crippen molar-refractivity contribution >= 4 is 0 Å². The summed E-state index contributed by atoms with van der Waals surface area (Å²) in [5.74, 6) is 0.863. The molecule has 1 aromatic carbocycles. The van der Waals surface area contributed by atoms with E-state index < -0.39 is 0 Å². The lowest BCUT2D eigenvalue weighted by Crippen LogP contribution is -1.96. The number of imidazole rings is 1. The van der Waals surface area contributed by atoms with Gasteiger partial charge in [0.15, 0.2) is 0 Å². The molecule has 0 aliphatic heterocycles. The van der Waals surface area contributed by atoms with E-state index in [0.717, 1.165) is 28.2 Å². The number of aromatic amines is 2. The minimum absolute atomic E-state index is 0.541. The predicted octanol–water partition coefficient (Wildman–Crippen LogP) is 2.53. The molecular weight excluding hydrogens is 224 g/mol. The summed E-state index contributed by atoms with van der Waals surface area (Å²) in [6, 6.07) is 10.1. The Bertz CT molecular complexity index is 637. The Morgan fingerprint density at radius 2 is 2.11 bits per heavy atom. The average Bonchev–Trinajstić information content (AvgIpc) is 3.09. The molecule has 0 fully saturated rings. The van der Waals surface area contributed by atoms with Crippen molar-refractivity contribution in [3.63, 3.8) is 0 Å². The zero-order valence-corrected chi connectivity index (χ0v) is 9.85. The van der Waals surface area contributed by atoms with E-state index in [2.05, 4.69) is 21.0 Å². The summed E-state index contributed by atoms with van der Waals surface area (Å²) < 4.78 is 0. The lowest BCUT2D eigenvalue weighted by Gasteiger charge is -2.00. The van der Waals surface area contributed by atoms with Crippen molar-refractivity contribution in [2.24, 2.45) is 5.73 Å². The highest BCUT2D eigenvalue weighted by Crippen LogP contribution is 2.22. The molecule has 4 nitrogen and oxygen atoms in total. The van der Waals surface area contributed by atoms with Crippen molar-refractivity contribution in [2.75, 3.05) is 0 Å². The molecule has 4 heteroatoms. The van der Waals surface area contributed by atoms with Crippen LogP contribution in [0, 0.1) is 0 Å². The van der Waals surface area contributed by atoms with Crippen molar-refractivity contribution in [3.8, 4) is 22.6 Å². The second-order valence-electron chi connectivity index (χ2n) is 4.15. The molecule has 0 saturated carbocycles. The minimum atomic E-state index is 0.541. The summed E-state index contributed by atoms with van der Waals surface area (Å²) in [4.78, 5) is 10.7. The molecule has 0 amide bonds. The zero-order valence-electron chi connectivity index (χ0n) is 9.85. The largest absolute Gasteiger partial charge is 0.367 e. The molecule has 18 heavy (non-hydrogen) atoms. The summed E-state index contributed by atoms with van der Waals surface area (Å²) in [7, 11) is 0. The SMILES string of the molecule is NCc1cccc(-c2ncc(-c3cc[nH]c3)[nH]2)c1. The van der Waals surface area contributed by atoms with Crippen LogP contribution in [0.2, 0.25) is 0 Å². The maximum atomic E-state index is 5.64. The van der Waals surface area contributed by atoms with Gasteiger partial charge in [-0.15, -0.1) is 0 Å². The Kier molecular flexibility index (Phi) is 2.70. The molecule has 2 heterocycles. The molecule has 0 aliphatic carbocycles. The molecular formula is C14H14N4. The summed E-state index contributed by atoms with van der Waals surface area (Å²) in [6.07, 6.45) is 5.67. The van der Waals surface area contributed by atoms with E-state index in [1.165, 1.54) is 0 Å². The molecule has 0 atom stereocenters. The predicted molar refractivity (Wildman–Crippen MR) is 71.7 cm³/mol. The van der Waals surface area contributed by atoms with Crippen LogP contribution in [0.4, 0.5) is 0 Å². The van der Waals surface area contributed by atoms with Gasteiger partial charge >= 0.3 is 0 Å². The summed E-state index contributed by atoms with van der Waals surface area (Å²) in [6.45, 7) is 0.541. The molecule has 0 bridgehead atoms. The van der Waals surface area contributed by atoms with Crippen molar-refractivity contribution in [2.45, 2.75) is 6.54 Å². The number of nitrogens with zero attached hydrogens (tertiary/aromatic N) is 1. The second kappa shape index (κ2) is 4.50. The minimum Gasteiger partial charge on any atom is -0.367 e. The van der Waals surface area contributed by atoms with Gasteiger partial charge in [-0.3, -0.25) is 0 Å². The topological polar surface area (TPSA) is 70.5 Å². The van der Waals surface area contributed by atoms with Crippen LogP contribution >= 0.6 is 0 Å². The monoisotopic (exact) mass is 238 g/mol. The number of hydrogen-bond donors (Lipinski definition) is 3. The van der Waals surface area contributed by atoms with E-state index in [4.69, 9.17) is 5.73 Å². The first kappa shape index (κ1) is 10.8. The molecule has 0 unspecified atom stereocenters. The van der Waals surface area contributed by atoms with E-state index in [9.17, 15) is 0 Å². The van der Waals surface area contributed by atoms with Crippen LogP contribution in [0.5, 0.6) is 0 Å². The average molecular weight is 238 g/mol. The van der Waals surface area contributed by atoms with E-state index in [1.807, 2.05) is 42.9 Å². The van der Waals surface area contributed by atoms with E-state index in [0.29, 0.717) is 6.54 Å². The van der Waals surface area contributed by atoms with E-state index in [-0.39, 0.29) is 0 Å². The highest BCUT2D eigenvalue weighted by Gasteiger charge is 2.05. The van der Waals surface area contributed by atoms with Crippen molar-refractivity contribution in [1.29, 1.82) is 0 Å². The first-order valence-corrected chi connectivity index (χ1v) is 5.84. The van der Waals surface area contributed by atoms with Gasteiger partial charge in [-0.05, 0) is 17.7 Å². The maximum absolute atomic E-state index is 5.64. The molecule has 0 radical (unpaired) electrons. The van der Waals surface area contributed by atoms with Crippen molar-refractivity contribution < 1.29 is 0 Å². The molecule has 0 aliphatic rings. The Morgan fingerprint density at radius 3 is 2.89 bits per heavy atom. The van der Waals surface area contributed by atoms with Crippen LogP contribution in [0.25, 0.3) is 22.6 Å². The highest BCUT2D eigenvalue weighted by molar-refractivity contribution is 5.64. The molecule has 0 saturated heterocycles. The maximum Gasteiger partial charge on any atom is 0.137 e. The normalized spacial score (nSPS) is 10.7. The number of benzene rings is 1. The Morgan fingerprint density at radius 1 is 1.17 bits per heavy atom. The Labute approximate surface area is 105 Å². The lowest BCUT2D eigenvalue weighted by molar-refractivity contribution is 1.07. The summed E-state index contributed by atoms with van der Waals surface area (Å²) >= 11 is 0. The van der Waals surface area contributed by atoms with Gasteiger partial charge in [-0.25, -0.2) is 4.98 Å². The van der Waals surface area contributed by atoms with Crippen LogP contribution < -0.4 is 5.73 Å². The smallest absolute Gasteiger partial charge is 0.137 e. The van der Waals surface area contributed by atoms with Gasteiger partial charge in [-0.1, -0.05) is 18.2 Å². The van der Waals surface area contributed by atoms with E-state index >= 15 is 0 Å². The molecule has 3 rings (SSSR count). The summed E-state index contributed by atoms with van der Waals surface area (Å²) in [5, 5.41) is 0. The van der Waals surface area contributed by atoms with Gasteiger partial charge in [0.25, 0.3) is 0 Å². The van der Waals surface area contributed by atoms with Crippen molar-refractivity contribution in [1.82, 2.24) is 15.0 Å². The Balaban J connectivity index is 1.97. The molecule has 4 N–H and O–H groups in total. The molecule has 3 aromatic rings. The third kappa shape index (κ3) is 1.94. The number of aromatic nitrogens is 3. The Hall–Kier alpha value is -2.33. The van der Waals surface area contributed by atoms with E-state index in [1.54, 1.807) is 0 Å². The number of nitrogens with one attached hydrogen (secondary N) is 2. The first-order valence-electron chi connectivity index (χ1n) is 5.84. The van der Waals surface area contributed by atoms with Gasteiger partial charge in [-0.2, -0.15) is 0 Å². The van der Waals surface area contributed by atoms with Crippen LogP contribution in [0.1, 0.15) is 5.56 Å². The zero-order chi connectivity index (χ0) is 12.4. The van der Waals surface area contributed by atoms with Crippen LogP contribution in [0.3, 0.4) is 0 Å². The van der Waals surface area contributed by atoms with Gasteiger partial charge in [0, 0.05) is 30.1 Å². The van der Waals surface area contributed by atoms with Gasteiger partial charge < -0.3 is 15.7 Å². The molecule has 90 valence electrons. The van der Waals surface area contributed by atoms with Gasteiger partial charge in [0.2, 0.25) is 0 Å². The van der Waals surface area contributed by atoms with Gasteiger partial charge in [0.05, 0.1) is 11.9 Å². The number of hydrogen-bond acceptors (Lipinski definition) is 2. The van der Waals surface area contributed by atoms with Gasteiger partial charge in [0.1, 0.15) is 5.82 Å². The quantitative estimate of drug-likeness (QED) is 0.656.